The number of carbonyl (C=O) groups excluding carboxylic acids is 3. The topological polar surface area (TPSA) is 108 Å². The van der Waals surface area contributed by atoms with Crippen molar-refractivity contribution in [2.75, 3.05) is 13.7 Å². The predicted octanol–water partition coefficient (Wildman–Crippen LogP) is 2.84. The van der Waals surface area contributed by atoms with Crippen LogP contribution in [0.5, 0.6) is 11.5 Å². The number of nitrogens with one attached hydrogen (secondary N) is 2. The Kier molecular flexibility index (Phi) is 7.85. The molecule has 32 heavy (non-hydrogen) atoms. The SMILES string of the molecule is COc1cccc(C=C2SC(=S)N(CCCC(=O)NNC(=O)c3ccccc3O)C2=O)c1. The minimum Gasteiger partial charge on any atom is -0.507 e. The third-order valence-electron chi connectivity index (χ3n) is 4.51. The summed E-state index contributed by atoms with van der Waals surface area (Å²) < 4.78 is 5.62. The summed E-state index contributed by atoms with van der Waals surface area (Å²) in [6, 6.07) is 13.3. The van der Waals surface area contributed by atoms with E-state index in [1.54, 1.807) is 25.3 Å². The lowest BCUT2D eigenvalue weighted by Gasteiger charge is -2.14. The molecule has 2 aromatic rings. The van der Waals surface area contributed by atoms with Gasteiger partial charge in [-0.15, -0.1) is 0 Å². The van der Waals surface area contributed by atoms with E-state index in [1.807, 2.05) is 24.3 Å². The van der Waals surface area contributed by atoms with Crippen LogP contribution in [0.1, 0.15) is 28.8 Å². The minimum absolute atomic E-state index is 0.0492. The second-order valence-corrected chi connectivity index (χ2v) is 8.41. The number of rotatable bonds is 7. The molecule has 0 spiro atoms. The van der Waals surface area contributed by atoms with Gasteiger partial charge < -0.3 is 9.84 Å². The van der Waals surface area contributed by atoms with Gasteiger partial charge in [0.05, 0.1) is 17.6 Å². The zero-order valence-corrected chi connectivity index (χ0v) is 18.8. The molecule has 0 atom stereocenters. The second-order valence-electron chi connectivity index (χ2n) is 6.73. The minimum atomic E-state index is -0.629. The number of hydrogen-bond acceptors (Lipinski definition) is 7. The van der Waals surface area contributed by atoms with E-state index >= 15 is 0 Å². The molecule has 2 aromatic carbocycles. The van der Waals surface area contributed by atoms with Crippen LogP contribution in [0.15, 0.2) is 53.4 Å². The van der Waals surface area contributed by atoms with Crippen molar-refractivity contribution in [3.8, 4) is 11.5 Å². The van der Waals surface area contributed by atoms with Gasteiger partial charge in [-0.05, 0) is 42.3 Å². The van der Waals surface area contributed by atoms with E-state index in [1.165, 1.54) is 28.8 Å². The number of para-hydroxylation sites is 1. The van der Waals surface area contributed by atoms with Crippen molar-refractivity contribution in [3.05, 3.63) is 64.6 Å². The Morgan fingerprint density at radius 3 is 2.72 bits per heavy atom. The number of benzene rings is 2. The molecular formula is C22H21N3O5S2. The maximum Gasteiger partial charge on any atom is 0.273 e. The molecule has 3 amide bonds. The standard InChI is InChI=1S/C22H21N3O5S2/c1-30-15-7-4-6-14(12-15)13-18-21(29)25(22(31)32-18)11-5-10-19(27)23-24-20(28)16-8-2-3-9-17(16)26/h2-4,6-9,12-13,26H,5,10-11H2,1H3,(H,23,27)(H,24,28). The number of nitrogens with zero attached hydrogens (tertiary/aromatic N) is 1. The van der Waals surface area contributed by atoms with Gasteiger partial charge in [0.2, 0.25) is 5.91 Å². The van der Waals surface area contributed by atoms with Crippen LogP contribution in [0.4, 0.5) is 0 Å². The lowest BCUT2D eigenvalue weighted by Crippen LogP contribution is -2.42. The van der Waals surface area contributed by atoms with Gasteiger partial charge in [0.15, 0.2) is 0 Å². The normalized spacial score (nSPS) is 14.5. The molecule has 0 bridgehead atoms. The number of thiocarbonyl (C=S) groups is 1. The van der Waals surface area contributed by atoms with Crippen LogP contribution in [0, 0.1) is 0 Å². The molecule has 1 fully saturated rings. The summed E-state index contributed by atoms with van der Waals surface area (Å²) in [5, 5.41) is 9.66. The third-order valence-corrected chi connectivity index (χ3v) is 5.89. The molecule has 0 unspecified atom stereocenters. The van der Waals surface area contributed by atoms with E-state index in [9.17, 15) is 19.5 Å². The number of thioether (sulfide) groups is 1. The number of methoxy groups -OCH3 is 1. The van der Waals surface area contributed by atoms with Crippen molar-refractivity contribution >= 4 is 52.1 Å². The van der Waals surface area contributed by atoms with Crippen molar-refractivity contribution in [1.82, 2.24) is 15.8 Å². The number of phenolic OH excluding ortho intramolecular Hbond substituents is 1. The van der Waals surface area contributed by atoms with E-state index in [0.29, 0.717) is 21.4 Å². The maximum atomic E-state index is 12.7. The predicted molar refractivity (Wildman–Crippen MR) is 126 cm³/mol. The number of hydrazine groups is 1. The summed E-state index contributed by atoms with van der Waals surface area (Å²) in [6.45, 7) is 0.279. The summed E-state index contributed by atoms with van der Waals surface area (Å²) in [6.07, 6.45) is 2.19. The highest BCUT2D eigenvalue weighted by Gasteiger charge is 2.31. The summed E-state index contributed by atoms with van der Waals surface area (Å²) >= 11 is 6.52. The lowest BCUT2D eigenvalue weighted by molar-refractivity contribution is -0.124. The van der Waals surface area contributed by atoms with E-state index < -0.39 is 11.8 Å². The van der Waals surface area contributed by atoms with Gasteiger partial charge in [0.1, 0.15) is 15.8 Å². The lowest BCUT2D eigenvalue weighted by atomic mass is 10.2. The fourth-order valence-electron chi connectivity index (χ4n) is 2.90. The molecule has 10 heteroatoms. The number of amides is 3. The fraction of sp³-hybridized carbons (Fsp3) is 0.182. The molecule has 166 valence electrons. The Bertz CT molecular complexity index is 1090. The molecule has 1 aliphatic rings. The van der Waals surface area contributed by atoms with Crippen molar-refractivity contribution < 1.29 is 24.2 Å². The maximum absolute atomic E-state index is 12.7. The van der Waals surface area contributed by atoms with E-state index in [-0.39, 0.29) is 30.2 Å². The quantitative estimate of drug-likeness (QED) is 0.324. The number of phenols is 1. The molecule has 1 aliphatic heterocycles. The Morgan fingerprint density at radius 2 is 1.97 bits per heavy atom. The Labute approximate surface area is 194 Å². The molecule has 3 rings (SSSR count). The number of ether oxygens (including phenoxy) is 1. The third kappa shape index (κ3) is 5.86. The molecule has 1 heterocycles. The highest BCUT2D eigenvalue weighted by molar-refractivity contribution is 8.26. The molecule has 0 saturated carbocycles. The molecule has 0 radical (unpaired) electrons. The highest BCUT2D eigenvalue weighted by atomic mass is 32.2. The van der Waals surface area contributed by atoms with Crippen LogP contribution in [0.3, 0.4) is 0 Å². The number of hydrogen-bond donors (Lipinski definition) is 3. The first-order chi connectivity index (χ1) is 15.4. The van der Waals surface area contributed by atoms with Crippen LogP contribution in [0.2, 0.25) is 0 Å². The van der Waals surface area contributed by atoms with Gasteiger partial charge in [-0.1, -0.05) is 48.2 Å². The highest BCUT2D eigenvalue weighted by Crippen LogP contribution is 2.33. The Balaban J connectivity index is 1.48. The first-order valence-corrected chi connectivity index (χ1v) is 10.9. The zero-order chi connectivity index (χ0) is 23.1. The summed E-state index contributed by atoms with van der Waals surface area (Å²) in [7, 11) is 1.58. The zero-order valence-electron chi connectivity index (χ0n) is 17.2. The molecule has 8 nitrogen and oxygen atoms in total. The van der Waals surface area contributed by atoms with Gasteiger partial charge in [0.25, 0.3) is 11.8 Å². The molecule has 1 saturated heterocycles. The molecule has 0 aliphatic carbocycles. The first-order valence-electron chi connectivity index (χ1n) is 9.65. The van der Waals surface area contributed by atoms with Crippen LogP contribution in [-0.4, -0.2) is 45.7 Å². The first kappa shape index (κ1) is 23.3. The average Bonchev–Trinajstić information content (AvgIpc) is 3.05. The van der Waals surface area contributed by atoms with Gasteiger partial charge in [0, 0.05) is 13.0 Å². The van der Waals surface area contributed by atoms with Crippen LogP contribution in [-0.2, 0) is 9.59 Å². The molecule has 0 aromatic heterocycles. The van der Waals surface area contributed by atoms with Gasteiger partial charge in [-0.3, -0.25) is 30.1 Å². The van der Waals surface area contributed by atoms with E-state index in [0.717, 1.165) is 5.56 Å². The van der Waals surface area contributed by atoms with Crippen LogP contribution in [0.25, 0.3) is 6.08 Å². The molecular weight excluding hydrogens is 450 g/mol. The Hall–Kier alpha value is -3.37. The van der Waals surface area contributed by atoms with Gasteiger partial charge >= 0.3 is 0 Å². The summed E-state index contributed by atoms with van der Waals surface area (Å²) in [5.41, 5.74) is 5.42. The Morgan fingerprint density at radius 1 is 1.19 bits per heavy atom. The van der Waals surface area contributed by atoms with Crippen molar-refractivity contribution in [2.24, 2.45) is 0 Å². The smallest absolute Gasteiger partial charge is 0.273 e. The molecule has 3 N–H and O–H groups in total. The van der Waals surface area contributed by atoms with Crippen LogP contribution >= 0.6 is 24.0 Å². The van der Waals surface area contributed by atoms with Crippen molar-refractivity contribution in [1.29, 1.82) is 0 Å². The number of aromatic hydroxyl groups is 1. The second kappa shape index (κ2) is 10.8. The largest absolute Gasteiger partial charge is 0.507 e. The average molecular weight is 472 g/mol. The number of carbonyl (C=O) groups is 3. The van der Waals surface area contributed by atoms with Crippen LogP contribution < -0.4 is 15.6 Å². The summed E-state index contributed by atoms with van der Waals surface area (Å²) in [4.78, 5) is 38.7. The summed E-state index contributed by atoms with van der Waals surface area (Å²) in [5.74, 6) is -0.760. The monoisotopic (exact) mass is 471 g/mol. The van der Waals surface area contributed by atoms with Crippen molar-refractivity contribution in [3.63, 3.8) is 0 Å². The van der Waals surface area contributed by atoms with Gasteiger partial charge in [-0.2, -0.15) is 0 Å². The van der Waals surface area contributed by atoms with Gasteiger partial charge in [-0.25, -0.2) is 0 Å². The van der Waals surface area contributed by atoms with E-state index in [2.05, 4.69) is 10.9 Å². The fourth-order valence-corrected chi connectivity index (χ4v) is 4.20. The van der Waals surface area contributed by atoms with Crippen molar-refractivity contribution in [2.45, 2.75) is 12.8 Å². The van der Waals surface area contributed by atoms with E-state index in [4.69, 9.17) is 17.0 Å².